The highest BCUT2D eigenvalue weighted by molar-refractivity contribution is 5.75. The van der Waals surface area contributed by atoms with Crippen molar-refractivity contribution in [2.75, 3.05) is 26.3 Å². The molecular formula is C18H25N3O4. The van der Waals surface area contributed by atoms with E-state index in [0.717, 1.165) is 29.9 Å². The molecule has 2 heterocycles. The SMILES string of the molecule is CC(=O)N1CCC(NC(=O)NC(C)c2ccc3c(c2)OCCO3)CC1. The average molecular weight is 347 g/mol. The number of piperidine rings is 1. The van der Waals surface area contributed by atoms with Gasteiger partial charge in [0.1, 0.15) is 13.2 Å². The lowest BCUT2D eigenvalue weighted by Gasteiger charge is -2.32. The lowest BCUT2D eigenvalue weighted by atomic mass is 10.1. The van der Waals surface area contributed by atoms with E-state index >= 15 is 0 Å². The number of hydrogen-bond donors (Lipinski definition) is 2. The molecule has 7 heteroatoms. The number of rotatable bonds is 3. The quantitative estimate of drug-likeness (QED) is 0.874. The maximum atomic E-state index is 12.2. The molecule has 0 radical (unpaired) electrons. The molecule has 0 aromatic heterocycles. The number of carbonyl (C=O) groups excluding carboxylic acids is 2. The molecule has 1 fully saturated rings. The fourth-order valence-electron chi connectivity index (χ4n) is 3.18. The van der Waals surface area contributed by atoms with E-state index in [-0.39, 0.29) is 24.0 Å². The molecule has 1 aromatic rings. The lowest BCUT2D eigenvalue weighted by molar-refractivity contribution is -0.129. The number of nitrogens with one attached hydrogen (secondary N) is 2. The van der Waals surface area contributed by atoms with Crippen LogP contribution in [0.15, 0.2) is 18.2 Å². The third-order valence-electron chi connectivity index (χ3n) is 4.69. The van der Waals surface area contributed by atoms with Crippen LogP contribution in [0.3, 0.4) is 0 Å². The third kappa shape index (κ3) is 4.35. The van der Waals surface area contributed by atoms with Crippen molar-refractivity contribution in [3.05, 3.63) is 23.8 Å². The zero-order valence-electron chi connectivity index (χ0n) is 14.7. The molecule has 2 aliphatic heterocycles. The van der Waals surface area contributed by atoms with Crippen molar-refractivity contribution in [2.24, 2.45) is 0 Å². The number of nitrogens with zero attached hydrogens (tertiary/aromatic N) is 1. The van der Waals surface area contributed by atoms with Gasteiger partial charge in [0.25, 0.3) is 0 Å². The number of carbonyl (C=O) groups is 2. The van der Waals surface area contributed by atoms with E-state index in [9.17, 15) is 9.59 Å². The van der Waals surface area contributed by atoms with Crippen molar-refractivity contribution in [1.82, 2.24) is 15.5 Å². The first-order chi connectivity index (χ1) is 12.0. The summed E-state index contributed by atoms with van der Waals surface area (Å²) in [4.78, 5) is 25.4. The van der Waals surface area contributed by atoms with Gasteiger partial charge < -0.3 is 25.0 Å². The van der Waals surface area contributed by atoms with E-state index in [4.69, 9.17) is 9.47 Å². The highest BCUT2D eigenvalue weighted by Crippen LogP contribution is 2.32. The second-order valence-electron chi connectivity index (χ2n) is 6.52. The van der Waals surface area contributed by atoms with E-state index in [1.54, 1.807) is 6.92 Å². The zero-order chi connectivity index (χ0) is 17.8. The number of ether oxygens (including phenoxy) is 2. The van der Waals surface area contributed by atoms with E-state index in [1.165, 1.54) is 0 Å². The summed E-state index contributed by atoms with van der Waals surface area (Å²) in [5, 5.41) is 5.95. The van der Waals surface area contributed by atoms with Gasteiger partial charge in [0, 0.05) is 26.1 Å². The first-order valence-corrected chi connectivity index (χ1v) is 8.75. The molecule has 3 rings (SSSR count). The Labute approximate surface area is 147 Å². The van der Waals surface area contributed by atoms with Crippen LogP contribution in [0.5, 0.6) is 11.5 Å². The van der Waals surface area contributed by atoms with Crippen molar-refractivity contribution in [1.29, 1.82) is 0 Å². The molecule has 1 aromatic carbocycles. The van der Waals surface area contributed by atoms with Crippen LogP contribution >= 0.6 is 0 Å². The molecule has 2 N–H and O–H groups in total. The standard InChI is InChI=1S/C18H25N3O4/c1-12(14-3-4-16-17(11-14)25-10-9-24-16)19-18(23)20-15-5-7-21(8-6-15)13(2)22/h3-4,11-12,15H,5-10H2,1-2H3,(H2,19,20,23). The maximum absolute atomic E-state index is 12.2. The normalized spacial score (nSPS) is 18.4. The van der Waals surface area contributed by atoms with Gasteiger partial charge in [0.15, 0.2) is 11.5 Å². The molecule has 2 aliphatic rings. The predicted octanol–water partition coefficient (Wildman–Crippen LogP) is 1.83. The number of urea groups is 1. The summed E-state index contributed by atoms with van der Waals surface area (Å²) < 4.78 is 11.1. The fourth-order valence-corrected chi connectivity index (χ4v) is 3.18. The van der Waals surface area contributed by atoms with Crippen LogP contribution in [0.2, 0.25) is 0 Å². The summed E-state index contributed by atoms with van der Waals surface area (Å²) in [6.07, 6.45) is 1.57. The van der Waals surface area contributed by atoms with Gasteiger partial charge in [0.05, 0.1) is 6.04 Å². The van der Waals surface area contributed by atoms with Gasteiger partial charge >= 0.3 is 6.03 Å². The van der Waals surface area contributed by atoms with Gasteiger partial charge in [-0.25, -0.2) is 4.79 Å². The molecule has 7 nitrogen and oxygen atoms in total. The van der Waals surface area contributed by atoms with E-state index in [0.29, 0.717) is 26.3 Å². The number of benzene rings is 1. The summed E-state index contributed by atoms with van der Waals surface area (Å²) >= 11 is 0. The van der Waals surface area contributed by atoms with Crippen molar-refractivity contribution in [2.45, 2.75) is 38.8 Å². The minimum atomic E-state index is -0.191. The number of hydrogen-bond acceptors (Lipinski definition) is 4. The fraction of sp³-hybridized carbons (Fsp3) is 0.556. The summed E-state index contributed by atoms with van der Waals surface area (Å²) in [7, 11) is 0. The Hall–Kier alpha value is -2.44. The highest BCUT2D eigenvalue weighted by atomic mass is 16.6. The molecule has 1 unspecified atom stereocenters. The van der Waals surface area contributed by atoms with Gasteiger partial charge in [-0.1, -0.05) is 6.07 Å². The topological polar surface area (TPSA) is 79.9 Å². The lowest BCUT2D eigenvalue weighted by Crippen LogP contribution is -2.49. The van der Waals surface area contributed by atoms with Crippen molar-refractivity contribution in [3.8, 4) is 11.5 Å². The summed E-state index contributed by atoms with van der Waals surface area (Å²) in [5.74, 6) is 1.55. The molecule has 0 saturated carbocycles. The molecular weight excluding hydrogens is 322 g/mol. The minimum Gasteiger partial charge on any atom is -0.486 e. The molecule has 1 atom stereocenters. The third-order valence-corrected chi connectivity index (χ3v) is 4.69. The predicted molar refractivity (Wildman–Crippen MR) is 92.8 cm³/mol. The Morgan fingerprint density at radius 1 is 1.16 bits per heavy atom. The Balaban J connectivity index is 1.50. The Kier molecular flexibility index (Phi) is 5.31. The van der Waals surface area contributed by atoms with Crippen molar-refractivity contribution >= 4 is 11.9 Å². The number of fused-ring (bicyclic) bond motifs is 1. The van der Waals surface area contributed by atoms with E-state index in [1.807, 2.05) is 30.0 Å². The van der Waals surface area contributed by atoms with Crippen LogP contribution in [-0.2, 0) is 4.79 Å². The number of amides is 3. The zero-order valence-corrected chi connectivity index (χ0v) is 14.7. The molecule has 1 saturated heterocycles. The van der Waals surface area contributed by atoms with Gasteiger partial charge in [-0.3, -0.25) is 4.79 Å². The van der Waals surface area contributed by atoms with Crippen LogP contribution in [0.1, 0.15) is 38.3 Å². The molecule has 136 valence electrons. The Morgan fingerprint density at radius 2 is 1.84 bits per heavy atom. The second kappa shape index (κ2) is 7.63. The first kappa shape index (κ1) is 17.4. The summed E-state index contributed by atoms with van der Waals surface area (Å²) in [5.41, 5.74) is 0.964. The first-order valence-electron chi connectivity index (χ1n) is 8.75. The summed E-state index contributed by atoms with van der Waals surface area (Å²) in [6.45, 7) is 6.00. The van der Waals surface area contributed by atoms with Gasteiger partial charge in [0.2, 0.25) is 5.91 Å². The van der Waals surface area contributed by atoms with Crippen LogP contribution < -0.4 is 20.1 Å². The molecule has 3 amide bonds. The smallest absolute Gasteiger partial charge is 0.315 e. The molecule has 0 aliphatic carbocycles. The van der Waals surface area contributed by atoms with Crippen molar-refractivity contribution in [3.63, 3.8) is 0 Å². The maximum Gasteiger partial charge on any atom is 0.315 e. The van der Waals surface area contributed by atoms with Crippen molar-refractivity contribution < 1.29 is 19.1 Å². The van der Waals surface area contributed by atoms with E-state index < -0.39 is 0 Å². The Morgan fingerprint density at radius 3 is 2.52 bits per heavy atom. The number of likely N-dealkylation sites (tertiary alicyclic amines) is 1. The monoisotopic (exact) mass is 347 g/mol. The van der Waals surface area contributed by atoms with Gasteiger partial charge in [-0.15, -0.1) is 0 Å². The Bertz CT molecular complexity index is 641. The molecule has 0 spiro atoms. The van der Waals surface area contributed by atoms with E-state index in [2.05, 4.69) is 10.6 Å². The second-order valence-corrected chi connectivity index (χ2v) is 6.52. The largest absolute Gasteiger partial charge is 0.486 e. The van der Waals surface area contributed by atoms with Gasteiger partial charge in [-0.05, 0) is 37.5 Å². The average Bonchev–Trinajstić information content (AvgIpc) is 2.61. The van der Waals surface area contributed by atoms with Gasteiger partial charge in [-0.2, -0.15) is 0 Å². The highest BCUT2D eigenvalue weighted by Gasteiger charge is 2.22. The molecule has 0 bridgehead atoms. The summed E-state index contributed by atoms with van der Waals surface area (Å²) in [6, 6.07) is 5.48. The van der Waals surface area contributed by atoms with Crippen LogP contribution in [0.25, 0.3) is 0 Å². The van der Waals surface area contributed by atoms with Crippen LogP contribution in [0, 0.1) is 0 Å². The minimum absolute atomic E-state index is 0.0927. The molecule has 25 heavy (non-hydrogen) atoms. The van der Waals surface area contributed by atoms with Crippen LogP contribution in [-0.4, -0.2) is 49.2 Å². The van der Waals surface area contributed by atoms with Crippen LogP contribution in [0.4, 0.5) is 4.79 Å².